The lowest BCUT2D eigenvalue weighted by Gasteiger charge is -2.20. The van der Waals surface area contributed by atoms with Gasteiger partial charge in [-0.05, 0) is 32.9 Å². The Kier molecular flexibility index (Phi) is 5.02. The van der Waals surface area contributed by atoms with Gasteiger partial charge in [0.25, 0.3) is 0 Å². The molecule has 1 rings (SSSR count). The lowest BCUT2D eigenvalue weighted by atomic mass is 10.1. The monoisotopic (exact) mass is 272 g/mol. The van der Waals surface area contributed by atoms with Crippen molar-refractivity contribution in [2.45, 2.75) is 39.5 Å². The number of pyridine rings is 1. The number of aliphatic imine (C=N–C) groups is 1. The van der Waals surface area contributed by atoms with Crippen LogP contribution in [-0.4, -0.2) is 23.1 Å². The van der Waals surface area contributed by atoms with Crippen molar-refractivity contribution in [3.63, 3.8) is 0 Å². The Morgan fingerprint density at radius 3 is 2.63 bits per heavy atom. The summed E-state index contributed by atoms with van der Waals surface area (Å²) in [5.74, 6) is 0.325. The Hall–Kier alpha value is -1.92. The summed E-state index contributed by atoms with van der Waals surface area (Å²) in [4.78, 5) is 8.05. The Morgan fingerprint density at radius 1 is 1.47 bits per heavy atom. The van der Waals surface area contributed by atoms with E-state index in [2.05, 4.69) is 20.0 Å². The van der Waals surface area contributed by atoms with Crippen LogP contribution in [0.5, 0.6) is 5.75 Å². The fourth-order valence-corrected chi connectivity index (χ4v) is 1.27. The van der Waals surface area contributed by atoms with Gasteiger partial charge in [0.1, 0.15) is 5.75 Å². The Bertz CT molecular complexity index is 426. The highest BCUT2D eigenvalue weighted by Crippen LogP contribution is 2.12. The third-order valence-corrected chi connectivity index (χ3v) is 1.94. The fourth-order valence-electron chi connectivity index (χ4n) is 1.27. The predicted molar refractivity (Wildman–Crippen MR) is 69.1 cm³/mol. The lowest BCUT2D eigenvalue weighted by Crippen LogP contribution is -2.44. The van der Waals surface area contributed by atoms with Gasteiger partial charge in [0.05, 0.1) is 18.4 Å². The molecular weight excluding hydrogens is 254 g/mol. The SMILES string of the molecule is CC(C)(C)NC(N)=NCc1ccc(OC(F)F)cn1. The Labute approximate surface area is 110 Å². The molecule has 0 unspecified atom stereocenters. The zero-order valence-corrected chi connectivity index (χ0v) is 11.2. The maximum absolute atomic E-state index is 11.9. The number of nitrogens with two attached hydrogens (primary N) is 1. The van der Waals surface area contributed by atoms with Gasteiger partial charge >= 0.3 is 6.61 Å². The van der Waals surface area contributed by atoms with E-state index in [0.29, 0.717) is 11.7 Å². The van der Waals surface area contributed by atoms with Gasteiger partial charge in [0.2, 0.25) is 0 Å². The molecule has 0 aliphatic rings. The molecule has 0 amide bonds. The molecule has 7 heteroatoms. The van der Waals surface area contributed by atoms with Gasteiger partial charge in [-0.25, -0.2) is 4.99 Å². The van der Waals surface area contributed by atoms with Crippen molar-refractivity contribution in [3.8, 4) is 5.75 Å². The minimum Gasteiger partial charge on any atom is -0.433 e. The smallest absolute Gasteiger partial charge is 0.387 e. The molecule has 0 aliphatic carbocycles. The lowest BCUT2D eigenvalue weighted by molar-refractivity contribution is -0.0500. The maximum Gasteiger partial charge on any atom is 0.387 e. The highest BCUT2D eigenvalue weighted by molar-refractivity contribution is 5.78. The maximum atomic E-state index is 11.9. The first kappa shape index (κ1) is 15.1. The van der Waals surface area contributed by atoms with Crippen molar-refractivity contribution in [2.75, 3.05) is 0 Å². The van der Waals surface area contributed by atoms with Crippen LogP contribution in [0.4, 0.5) is 8.78 Å². The molecule has 1 aromatic heterocycles. The third kappa shape index (κ3) is 6.54. The number of aromatic nitrogens is 1. The normalized spacial score (nSPS) is 12.6. The topological polar surface area (TPSA) is 72.5 Å². The molecule has 0 saturated carbocycles. The first-order valence-electron chi connectivity index (χ1n) is 5.74. The first-order valence-corrected chi connectivity index (χ1v) is 5.74. The minimum atomic E-state index is -2.85. The zero-order chi connectivity index (χ0) is 14.5. The number of hydrogen-bond acceptors (Lipinski definition) is 3. The van der Waals surface area contributed by atoms with Crippen LogP contribution >= 0.6 is 0 Å². The standard InChI is InChI=1S/C12H18F2N4O/c1-12(2,3)18-11(15)17-6-8-4-5-9(7-16-8)19-10(13)14/h4-5,7,10H,6H2,1-3H3,(H3,15,17,18). The molecule has 0 aromatic carbocycles. The number of halogens is 2. The molecular formula is C12H18F2N4O. The van der Waals surface area contributed by atoms with Gasteiger partial charge in [-0.3, -0.25) is 4.98 Å². The van der Waals surface area contributed by atoms with E-state index in [1.807, 2.05) is 20.8 Å². The largest absolute Gasteiger partial charge is 0.433 e. The Balaban J connectivity index is 2.56. The summed E-state index contributed by atoms with van der Waals surface area (Å²) in [5.41, 5.74) is 6.13. The van der Waals surface area contributed by atoms with E-state index in [1.165, 1.54) is 12.3 Å². The summed E-state index contributed by atoms with van der Waals surface area (Å²) in [5, 5.41) is 3.00. The van der Waals surface area contributed by atoms with Gasteiger partial charge in [-0.15, -0.1) is 0 Å². The van der Waals surface area contributed by atoms with Crippen LogP contribution in [0.25, 0.3) is 0 Å². The molecule has 3 N–H and O–H groups in total. The third-order valence-electron chi connectivity index (χ3n) is 1.94. The number of alkyl halides is 2. The first-order chi connectivity index (χ1) is 8.76. The number of rotatable bonds is 4. The molecule has 0 fully saturated rings. The second-order valence-corrected chi connectivity index (χ2v) is 4.94. The minimum absolute atomic E-state index is 0.0171. The summed E-state index contributed by atoms with van der Waals surface area (Å²) in [6, 6.07) is 2.98. The van der Waals surface area contributed by atoms with Crippen LogP contribution in [0.1, 0.15) is 26.5 Å². The van der Waals surface area contributed by atoms with E-state index in [-0.39, 0.29) is 17.8 Å². The second-order valence-electron chi connectivity index (χ2n) is 4.94. The van der Waals surface area contributed by atoms with Crippen molar-refractivity contribution in [2.24, 2.45) is 10.7 Å². The summed E-state index contributed by atoms with van der Waals surface area (Å²) < 4.78 is 28.1. The van der Waals surface area contributed by atoms with Gasteiger partial charge in [0, 0.05) is 5.54 Å². The zero-order valence-electron chi connectivity index (χ0n) is 11.2. The predicted octanol–water partition coefficient (Wildman–Crippen LogP) is 1.89. The van der Waals surface area contributed by atoms with Crippen LogP contribution in [0.15, 0.2) is 23.3 Å². The van der Waals surface area contributed by atoms with Crippen molar-refractivity contribution in [3.05, 3.63) is 24.0 Å². The molecule has 1 heterocycles. The summed E-state index contributed by atoms with van der Waals surface area (Å²) in [6.45, 7) is 3.31. The molecule has 5 nitrogen and oxygen atoms in total. The van der Waals surface area contributed by atoms with Crippen LogP contribution in [0, 0.1) is 0 Å². The summed E-state index contributed by atoms with van der Waals surface area (Å²) in [6.07, 6.45) is 1.23. The number of hydrogen-bond donors (Lipinski definition) is 2. The van der Waals surface area contributed by atoms with Gasteiger partial charge in [0.15, 0.2) is 5.96 Å². The van der Waals surface area contributed by atoms with Crippen molar-refractivity contribution >= 4 is 5.96 Å². The average Bonchev–Trinajstić information content (AvgIpc) is 2.25. The molecule has 0 atom stereocenters. The number of nitrogens with one attached hydrogen (secondary N) is 1. The quantitative estimate of drug-likeness (QED) is 0.648. The van der Waals surface area contributed by atoms with Crippen LogP contribution in [-0.2, 0) is 6.54 Å². The van der Waals surface area contributed by atoms with Gasteiger partial charge in [-0.1, -0.05) is 0 Å². The van der Waals surface area contributed by atoms with Crippen LogP contribution in [0.3, 0.4) is 0 Å². The van der Waals surface area contributed by atoms with E-state index in [9.17, 15) is 8.78 Å². The van der Waals surface area contributed by atoms with Crippen molar-refractivity contribution in [1.82, 2.24) is 10.3 Å². The Morgan fingerprint density at radius 2 is 2.16 bits per heavy atom. The molecule has 106 valence electrons. The molecule has 0 bridgehead atoms. The summed E-state index contributed by atoms with van der Waals surface area (Å²) >= 11 is 0. The van der Waals surface area contributed by atoms with E-state index >= 15 is 0 Å². The highest BCUT2D eigenvalue weighted by Gasteiger charge is 2.09. The molecule has 1 aromatic rings. The fraction of sp³-hybridized carbons (Fsp3) is 0.500. The number of ether oxygens (including phenoxy) is 1. The molecule has 0 radical (unpaired) electrons. The van der Waals surface area contributed by atoms with E-state index in [1.54, 1.807) is 6.07 Å². The van der Waals surface area contributed by atoms with Crippen molar-refractivity contribution in [1.29, 1.82) is 0 Å². The molecule has 19 heavy (non-hydrogen) atoms. The van der Waals surface area contributed by atoms with E-state index in [4.69, 9.17) is 5.73 Å². The molecule has 0 spiro atoms. The summed E-state index contributed by atoms with van der Waals surface area (Å²) in [7, 11) is 0. The highest BCUT2D eigenvalue weighted by atomic mass is 19.3. The van der Waals surface area contributed by atoms with Gasteiger partial charge < -0.3 is 15.8 Å². The molecule has 0 saturated heterocycles. The van der Waals surface area contributed by atoms with E-state index in [0.717, 1.165) is 0 Å². The molecule has 0 aliphatic heterocycles. The average molecular weight is 272 g/mol. The van der Waals surface area contributed by atoms with Crippen molar-refractivity contribution < 1.29 is 13.5 Å². The second kappa shape index (κ2) is 6.31. The number of nitrogens with zero attached hydrogens (tertiary/aromatic N) is 2. The van der Waals surface area contributed by atoms with Crippen LogP contribution < -0.4 is 15.8 Å². The van der Waals surface area contributed by atoms with E-state index < -0.39 is 6.61 Å². The van der Waals surface area contributed by atoms with Gasteiger partial charge in [-0.2, -0.15) is 8.78 Å². The van der Waals surface area contributed by atoms with Crippen LogP contribution in [0.2, 0.25) is 0 Å². The number of guanidine groups is 1.